The van der Waals surface area contributed by atoms with Gasteiger partial charge in [-0.05, 0) is 37.8 Å². The number of rotatable bonds is 3. The highest BCUT2D eigenvalue weighted by Crippen LogP contribution is 2.27. The van der Waals surface area contributed by atoms with Crippen molar-refractivity contribution in [2.75, 3.05) is 26.2 Å². The average Bonchev–Trinajstić information content (AvgIpc) is 3.11. The van der Waals surface area contributed by atoms with E-state index < -0.39 is 0 Å². The fourth-order valence-corrected chi connectivity index (χ4v) is 3.93. The van der Waals surface area contributed by atoms with Crippen molar-refractivity contribution in [1.82, 2.24) is 9.80 Å². The van der Waals surface area contributed by atoms with Gasteiger partial charge in [0.2, 0.25) is 11.8 Å². The van der Waals surface area contributed by atoms with Crippen molar-refractivity contribution >= 4 is 11.8 Å². The Labute approximate surface area is 144 Å². The van der Waals surface area contributed by atoms with Crippen LogP contribution in [-0.4, -0.2) is 47.8 Å². The van der Waals surface area contributed by atoms with Gasteiger partial charge in [0.1, 0.15) is 0 Å². The van der Waals surface area contributed by atoms with Gasteiger partial charge in [0.15, 0.2) is 0 Å². The maximum absolute atomic E-state index is 12.6. The van der Waals surface area contributed by atoms with E-state index in [4.69, 9.17) is 0 Å². The van der Waals surface area contributed by atoms with E-state index in [0.717, 1.165) is 18.4 Å². The minimum Gasteiger partial charge on any atom is -0.339 e. The topological polar surface area (TPSA) is 40.6 Å². The molecule has 1 saturated heterocycles. The van der Waals surface area contributed by atoms with Crippen LogP contribution in [0.4, 0.5) is 0 Å². The lowest BCUT2D eigenvalue weighted by molar-refractivity contribution is -0.141. The van der Waals surface area contributed by atoms with Crippen LogP contribution >= 0.6 is 0 Å². The summed E-state index contributed by atoms with van der Waals surface area (Å²) in [5, 5.41) is 0. The number of nitrogens with zero attached hydrogens (tertiary/aromatic N) is 2. The van der Waals surface area contributed by atoms with E-state index in [1.807, 2.05) is 9.80 Å². The van der Waals surface area contributed by atoms with Crippen molar-refractivity contribution in [2.45, 2.75) is 46.0 Å². The SMILES string of the molecule is Cc1ccc(CC(=O)N2CCN(C(=O)C3CCCC3)CC2)c(C)c1. The number of aryl methyl sites for hydroxylation is 2. The highest BCUT2D eigenvalue weighted by atomic mass is 16.2. The number of amides is 2. The molecule has 4 heteroatoms. The summed E-state index contributed by atoms with van der Waals surface area (Å²) in [6.45, 7) is 6.85. The van der Waals surface area contributed by atoms with Crippen molar-refractivity contribution in [3.05, 3.63) is 34.9 Å². The van der Waals surface area contributed by atoms with Gasteiger partial charge in [-0.25, -0.2) is 0 Å². The summed E-state index contributed by atoms with van der Waals surface area (Å²) in [6.07, 6.45) is 4.92. The Balaban J connectivity index is 1.52. The molecular weight excluding hydrogens is 300 g/mol. The van der Waals surface area contributed by atoms with Gasteiger partial charge in [-0.2, -0.15) is 0 Å². The fraction of sp³-hybridized carbons (Fsp3) is 0.600. The lowest BCUT2D eigenvalue weighted by atomic mass is 10.0. The maximum atomic E-state index is 12.6. The zero-order chi connectivity index (χ0) is 17.1. The predicted octanol–water partition coefficient (Wildman–Crippen LogP) is 2.71. The van der Waals surface area contributed by atoms with Gasteiger partial charge in [0, 0.05) is 32.1 Å². The summed E-state index contributed by atoms with van der Waals surface area (Å²) in [4.78, 5) is 28.9. The molecule has 1 saturated carbocycles. The molecule has 4 nitrogen and oxygen atoms in total. The summed E-state index contributed by atoms with van der Waals surface area (Å²) >= 11 is 0. The van der Waals surface area contributed by atoms with Crippen molar-refractivity contribution < 1.29 is 9.59 Å². The summed E-state index contributed by atoms with van der Waals surface area (Å²) in [7, 11) is 0. The van der Waals surface area contributed by atoms with Crippen molar-refractivity contribution in [3.63, 3.8) is 0 Å². The van der Waals surface area contributed by atoms with E-state index in [9.17, 15) is 9.59 Å². The summed E-state index contributed by atoms with van der Waals surface area (Å²) in [6, 6.07) is 6.25. The highest BCUT2D eigenvalue weighted by Gasteiger charge is 2.30. The van der Waals surface area contributed by atoms with Crippen molar-refractivity contribution in [2.24, 2.45) is 5.92 Å². The molecular formula is C20H28N2O2. The molecule has 2 aliphatic rings. The largest absolute Gasteiger partial charge is 0.339 e. The van der Waals surface area contributed by atoms with E-state index in [2.05, 4.69) is 32.0 Å². The van der Waals surface area contributed by atoms with Crippen LogP contribution in [-0.2, 0) is 16.0 Å². The Kier molecular flexibility index (Phi) is 5.22. The first-order chi connectivity index (χ1) is 11.5. The molecule has 0 unspecified atom stereocenters. The molecule has 3 rings (SSSR count). The van der Waals surface area contributed by atoms with Crippen LogP contribution in [0, 0.1) is 19.8 Å². The Morgan fingerprint density at radius 3 is 2.25 bits per heavy atom. The zero-order valence-electron chi connectivity index (χ0n) is 14.9. The van der Waals surface area contributed by atoms with Crippen LogP contribution in [0.5, 0.6) is 0 Å². The third kappa shape index (κ3) is 3.80. The first kappa shape index (κ1) is 17.0. The summed E-state index contributed by atoms with van der Waals surface area (Å²) < 4.78 is 0. The smallest absolute Gasteiger partial charge is 0.227 e. The summed E-state index contributed by atoms with van der Waals surface area (Å²) in [5.74, 6) is 0.728. The zero-order valence-corrected chi connectivity index (χ0v) is 14.9. The lowest BCUT2D eigenvalue weighted by Gasteiger charge is -2.36. The fourth-order valence-electron chi connectivity index (χ4n) is 3.93. The standard InChI is InChI=1S/C20H28N2O2/c1-15-7-8-18(16(2)13-15)14-19(23)21-9-11-22(12-10-21)20(24)17-5-3-4-6-17/h7-8,13,17H,3-6,9-12,14H2,1-2H3. The van der Waals surface area contributed by atoms with Crippen LogP contribution < -0.4 is 0 Å². The molecule has 130 valence electrons. The van der Waals surface area contributed by atoms with Crippen LogP contribution in [0.3, 0.4) is 0 Å². The predicted molar refractivity (Wildman–Crippen MR) is 94.7 cm³/mol. The van der Waals surface area contributed by atoms with E-state index >= 15 is 0 Å². The monoisotopic (exact) mass is 328 g/mol. The molecule has 1 heterocycles. The third-order valence-electron chi connectivity index (χ3n) is 5.49. The molecule has 0 aromatic heterocycles. The molecule has 0 bridgehead atoms. The van der Waals surface area contributed by atoms with Gasteiger partial charge in [-0.3, -0.25) is 9.59 Å². The molecule has 1 aromatic rings. The molecule has 0 spiro atoms. The van der Waals surface area contributed by atoms with Gasteiger partial charge in [0.05, 0.1) is 6.42 Å². The number of carbonyl (C=O) groups excluding carboxylic acids is 2. The Bertz CT molecular complexity index is 612. The Morgan fingerprint density at radius 1 is 1.00 bits per heavy atom. The third-order valence-corrected chi connectivity index (χ3v) is 5.49. The van der Waals surface area contributed by atoms with Crippen LogP contribution in [0.15, 0.2) is 18.2 Å². The van der Waals surface area contributed by atoms with Gasteiger partial charge >= 0.3 is 0 Å². The molecule has 24 heavy (non-hydrogen) atoms. The minimum absolute atomic E-state index is 0.176. The van der Waals surface area contributed by atoms with Crippen LogP contribution in [0.25, 0.3) is 0 Å². The number of carbonyl (C=O) groups is 2. The quantitative estimate of drug-likeness (QED) is 0.856. The molecule has 2 fully saturated rings. The molecule has 2 amide bonds. The number of benzene rings is 1. The molecule has 1 aliphatic carbocycles. The van der Waals surface area contributed by atoms with Crippen LogP contribution in [0.1, 0.15) is 42.4 Å². The first-order valence-corrected chi connectivity index (χ1v) is 9.17. The molecule has 1 aromatic carbocycles. The molecule has 0 radical (unpaired) electrons. The molecule has 0 N–H and O–H groups in total. The molecule has 0 atom stereocenters. The lowest BCUT2D eigenvalue weighted by Crippen LogP contribution is -2.52. The van der Waals surface area contributed by atoms with E-state index in [-0.39, 0.29) is 11.8 Å². The number of piperazine rings is 1. The van der Waals surface area contributed by atoms with Gasteiger partial charge in [-0.1, -0.05) is 36.6 Å². The second-order valence-corrected chi connectivity index (χ2v) is 7.29. The minimum atomic E-state index is 0.176. The highest BCUT2D eigenvalue weighted by molar-refractivity contribution is 5.81. The van der Waals surface area contributed by atoms with E-state index in [1.54, 1.807) is 0 Å². The van der Waals surface area contributed by atoms with Gasteiger partial charge < -0.3 is 9.80 Å². The van der Waals surface area contributed by atoms with E-state index in [0.29, 0.717) is 38.5 Å². The average molecular weight is 328 g/mol. The van der Waals surface area contributed by atoms with Crippen molar-refractivity contribution in [3.8, 4) is 0 Å². The van der Waals surface area contributed by atoms with Crippen molar-refractivity contribution in [1.29, 1.82) is 0 Å². The van der Waals surface area contributed by atoms with E-state index in [1.165, 1.54) is 24.0 Å². The number of hydrogen-bond acceptors (Lipinski definition) is 2. The van der Waals surface area contributed by atoms with Gasteiger partial charge in [-0.15, -0.1) is 0 Å². The molecule has 1 aliphatic heterocycles. The normalized spacial score (nSPS) is 18.9. The number of hydrogen-bond donors (Lipinski definition) is 0. The van der Waals surface area contributed by atoms with Crippen LogP contribution in [0.2, 0.25) is 0 Å². The second kappa shape index (κ2) is 7.37. The van der Waals surface area contributed by atoms with Gasteiger partial charge in [0.25, 0.3) is 0 Å². The summed E-state index contributed by atoms with van der Waals surface area (Å²) in [5.41, 5.74) is 3.51. The maximum Gasteiger partial charge on any atom is 0.227 e. The second-order valence-electron chi connectivity index (χ2n) is 7.29. The Morgan fingerprint density at radius 2 is 1.62 bits per heavy atom. The Hall–Kier alpha value is -1.84. The first-order valence-electron chi connectivity index (χ1n) is 9.17.